The van der Waals surface area contributed by atoms with Crippen molar-refractivity contribution >= 4 is 28.9 Å². The normalized spacial score (nSPS) is 10.6. The van der Waals surface area contributed by atoms with E-state index in [4.69, 9.17) is 16.1 Å². The number of amides is 1. The van der Waals surface area contributed by atoms with E-state index in [2.05, 4.69) is 15.5 Å². The third kappa shape index (κ3) is 4.44. The molecule has 8 nitrogen and oxygen atoms in total. The van der Waals surface area contributed by atoms with Gasteiger partial charge in [-0.1, -0.05) is 28.9 Å². The molecule has 1 amide bonds. The van der Waals surface area contributed by atoms with Crippen molar-refractivity contribution < 1.29 is 14.2 Å². The van der Waals surface area contributed by atoms with Crippen LogP contribution in [-0.4, -0.2) is 21.0 Å². The van der Waals surface area contributed by atoms with Crippen molar-refractivity contribution in [2.75, 3.05) is 5.32 Å². The largest absolute Gasteiger partial charge is 0.334 e. The molecule has 0 radical (unpaired) electrons. The van der Waals surface area contributed by atoms with E-state index >= 15 is 0 Å². The lowest BCUT2D eigenvalue weighted by molar-refractivity contribution is -0.385. The minimum Gasteiger partial charge on any atom is -0.334 e. The summed E-state index contributed by atoms with van der Waals surface area (Å²) in [5.74, 6) is 0.223. The fourth-order valence-electron chi connectivity index (χ4n) is 2.93. The van der Waals surface area contributed by atoms with Gasteiger partial charge in [-0.25, -0.2) is 0 Å². The molecule has 0 unspecified atom stereocenters. The molecule has 0 saturated heterocycles. The predicted octanol–water partition coefficient (Wildman–Crippen LogP) is 5.53. The van der Waals surface area contributed by atoms with Crippen LogP contribution in [0.5, 0.6) is 0 Å². The summed E-state index contributed by atoms with van der Waals surface area (Å²) in [5.41, 5.74) is 2.69. The summed E-state index contributed by atoms with van der Waals surface area (Å²) in [6, 6.07) is 18.3. The highest BCUT2D eigenvalue weighted by Crippen LogP contribution is 2.28. The zero-order chi connectivity index (χ0) is 22.0. The summed E-state index contributed by atoms with van der Waals surface area (Å²) >= 11 is 5.92. The first-order chi connectivity index (χ1) is 14.9. The van der Waals surface area contributed by atoms with Crippen molar-refractivity contribution in [2.24, 2.45) is 0 Å². The van der Waals surface area contributed by atoms with E-state index in [0.717, 1.165) is 0 Å². The molecule has 0 bridgehead atoms. The first kappa shape index (κ1) is 20.2. The van der Waals surface area contributed by atoms with E-state index < -0.39 is 4.92 Å². The fourth-order valence-corrected chi connectivity index (χ4v) is 3.12. The first-order valence-corrected chi connectivity index (χ1v) is 9.55. The number of nitrogens with one attached hydrogen (secondary N) is 1. The number of benzene rings is 3. The van der Waals surface area contributed by atoms with E-state index in [0.29, 0.717) is 38.8 Å². The lowest BCUT2D eigenvalue weighted by Crippen LogP contribution is -2.11. The number of nitro benzene ring substituents is 1. The number of carbonyl (C=O) groups excluding carboxylic acids is 1. The second-order valence-electron chi connectivity index (χ2n) is 6.72. The predicted molar refractivity (Wildman–Crippen MR) is 116 cm³/mol. The minimum atomic E-state index is -0.452. The first-order valence-electron chi connectivity index (χ1n) is 9.17. The van der Waals surface area contributed by atoms with E-state index in [1.54, 1.807) is 67.6 Å². The number of nitrogens with zero attached hydrogens (tertiary/aromatic N) is 3. The zero-order valence-corrected chi connectivity index (χ0v) is 17.0. The summed E-state index contributed by atoms with van der Waals surface area (Å²) in [5, 5.41) is 18.4. The van der Waals surface area contributed by atoms with Gasteiger partial charge in [-0.05, 0) is 55.5 Å². The maximum Gasteiger partial charge on any atom is 0.273 e. The van der Waals surface area contributed by atoms with Crippen LogP contribution < -0.4 is 5.32 Å². The maximum absolute atomic E-state index is 12.3. The van der Waals surface area contributed by atoms with Gasteiger partial charge in [-0.3, -0.25) is 14.9 Å². The van der Waals surface area contributed by atoms with Gasteiger partial charge in [0, 0.05) is 39.0 Å². The van der Waals surface area contributed by atoms with Crippen LogP contribution in [0, 0.1) is 17.0 Å². The second-order valence-corrected chi connectivity index (χ2v) is 7.16. The van der Waals surface area contributed by atoms with Gasteiger partial charge < -0.3 is 9.84 Å². The summed E-state index contributed by atoms with van der Waals surface area (Å²) in [4.78, 5) is 27.3. The Morgan fingerprint density at radius 3 is 2.52 bits per heavy atom. The molecule has 0 fully saturated rings. The maximum atomic E-state index is 12.3. The number of hydrogen-bond donors (Lipinski definition) is 1. The lowest BCUT2D eigenvalue weighted by Gasteiger charge is -2.06. The van der Waals surface area contributed by atoms with Gasteiger partial charge in [-0.2, -0.15) is 4.98 Å². The number of hydrogen-bond acceptors (Lipinski definition) is 6. The molecule has 1 heterocycles. The molecule has 1 N–H and O–H groups in total. The van der Waals surface area contributed by atoms with Crippen molar-refractivity contribution in [1.82, 2.24) is 10.1 Å². The number of aromatic nitrogens is 2. The van der Waals surface area contributed by atoms with E-state index in [1.165, 1.54) is 6.07 Å². The summed E-state index contributed by atoms with van der Waals surface area (Å²) in [6.45, 7) is 1.66. The topological polar surface area (TPSA) is 111 Å². The Hall–Kier alpha value is -4.04. The van der Waals surface area contributed by atoms with Crippen LogP contribution in [0.25, 0.3) is 22.8 Å². The molecular weight excluding hydrogens is 420 g/mol. The molecule has 4 rings (SSSR count). The lowest BCUT2D eigenvalue weighted by atomic mass is 10.1. The number of rotatable bonds is 5. The summed E-state index contributed by atoms with van der Waals surface area (Å²) in [7, 11) is 0. The minimum absolute atomic E-state index is 0.0166. The van der Waals surface area contributed by atoms with Crippen molar-refractivity contribution in [3.8, 4) is 22.8 Å². The Labute approximate surface area is 181 Å². The molecule has 154 valence electrons. The highest BCUT2D eigenvalue weighted by Gasteiger charge is 2.16. The Morgan fingerprint density at radius 2 is 1.81 bits per heavy atom. The van der Waals surface area contributed by atoms with Crippen molar-refractivity contribution in [1.29, 1.82) is 0 Å². The molecule has 1 aromatic heterocycles. The highest BCUT2D eigenvalue weighted by molar-refractivity contribution is 6.31. The molecule has 0 aliphatic rings. The molecule has 0 aliphatic heterocycles. The van der Waals surface area contributed by atoms with Crippen LogP contribution in [0.3, 0.4) is 0 Å². The third-order valence-corrected chi connectivity index (χ3v) is 4.80. The quantitative estimate of drug-likeness (QED) is 0.326. The molecule has 3 aromatic carbocycles. The molecule has 0 atom stereocenters. The van der Waals surface area contributed by atoms with E-state index in [9.17, 15) is 14.9 Å². The van der Waals surface area contributed by atoms with Crippen LogP contribution >= 0.6 is 11.6 Å². The van der Waals surface area contributed by atoms with Gasteiger partial charge in [0.15, 0.2) is 0 Å². The van der Waals surface area contributed by atoms with Crippen molar-refractivity contribution in [2.45, 2.75) is 6.92 Å². The fraction of sp³-hybridized carbons (Fsp3) is 0.0455. The second kappa shape index (κ2) is 8.37. The highest BCUT2D eigenvalue weighted by atomic mass is 35.5. The molecule has 4 aromatic rings. The Bertz CT molecular complexity index is 1280. The average molecular weight is 435 g/mol. The van der Waals surface area contributed by atoms with Gasteiger partial charge in [0.05, 0.1) is 4.92 Å². The molecular formula is C22H15ClN4O4. The molecule has 0 saturated carbocycles. The van der Waals surface area contributed by atoms with Crippen LogP contribution in [0.1, 0.15) is 15.9 Å². The van der Waals surface area contributed by atoms with Gasteiger partial charge in [0.1, 0.15) is 0 Å². The SMILES string of the molecule is Cc1ccc(-c2nc(-c3ccc(NC(=O)c4cccc(Cl)c4)cc3)no2)cc1[N+](=O)[O-]. The smallest absolute Gasteiger partial charge is 0.273 e. The van der Waals surface area contributed by atoms with Gasteiger partial charge in [0.25, 0.3) is 17.5 Å². The Kier molecular flexibility index (Phi) is 5.46. The third-order valence-electron chi connectivity index (χ3n) is 4.57. The molecule has 31 heavy (non-hydrogen) atoms. The van der Waals surface area contributed by atoms with Gasteiger partial charge >= 0.3 is 0 Å². The van der Waals surface area contributed by atoms with Crippen LogP contribution in [0.4, 0.5) is 11.4 Å². The summed E-state index contributed by atoms with van der Waals surface area (Å²) in [6.07, 6.45) is 0. The number of carbonyl (C=O) groups is 1. The van der Waals surface area contributed by atoms with Gasteiger partial charge in [-0.15, -0.1) is 0 Å². The van der Waals surface area contributed by atoms with Crippen LogP contribution in [-0.2, 0) is 0 Å². The monoisotopic (exact) mass is 434 g/mol. The molecule has 0 spiro atoms. The number of halogens is 1. The number of anilines is 1. The molecule has 0 aliphatic carbocycles. The van der Waals surface area contributed by atoms with Crippen molar-refractivity contribution in [3.05, 3.63) is 93.0 Å². The Balaban J connectivity index is 1.52. The molecule has 9 heteroatoms. The van der Waals surface area contributed by atoms with E-state index in [-0.39, 0.29) is 17.5 Å². The van der Waals surface area contributed by atoms with Crippen LogP contribution in [0.15, 0.2) is 71.3 Å². The Morgan fingerprint density at radius 1 is 1.06 bits per heavy atom. The number of aryl methyl sites for hydroxylation is 1. The van der Waals surface area contributed by atoms with Gasteiger partial charge in [0.2, 0.25) is 5.82 Å². The number of nitro groups is 1. The zero-order valence-electron chi connectivity index (χ0n) is 16.2. The standard InChI is InChI=1S/C22H15ClN4O4/c1-13-5-6-16(12-19(13)27(29)30)22-25-20(26-31-22)14-7-9-18(10-8-14)24-21(28)15-3-2-4-17(23)11-15/h2-12H,1H3,(H,24,28). The summed E-state index contributed by atoms with van der Waals surface area (Å²) < 4.78 is 5.28. The average Bonchev–Trinajstić information content (AvgIpc) is 3.24. The van der Waals surface area contributed by atoms with Crippen LogP contribution in [0.2, 0.25) is 5.02 Å². The van der Waals surface area contributed by atoms with E-state index in [1.807, 2.05) is 0 Å². The van der Waals surface area contributed by atoms with Crippen molar-refractivity contribution in [3.63, 3.8) is 0 Å².